The van der Waals surface area contributed by atoms with Crippen molar-refractivity contribution in [3.05, 3.63) is 35.4 Å². The van der Waals surface area contributed by atoms with Gasteiger partial charge in [-0.1, -0.05) is 6.42 Å². The van der Waals surface area contributed by atoms with Crippen molar-refractivity contribution >= 4 is 5.91 Å². The molecule has 2 aliphatic rings. The van der Waals surface area contributed by atoms with E-state index in [1.165, 1.54) is 31.2 Å². The molecule has 6 heteroatoms. The van der Waals surface area contributed by atoms with Crippen molar-refractivity contribution in [2.75, 3.05) is 0 Å². The topological polar surface area (TPSA) is 64.7 Å². The summed E-state index contributed by atoms with van der Waals surface area (Å²) in [5, 5.41) is 11.8. The van der Waals surface area contributed by atoms with Crippen LogP contribution >= 0.6 is 0 Å². The lowest BCUT2D eigenvalue weighted by atomic mass is 9.80. The van der Waals surface area contributed by atoms with Crippen LogP contribution in [0.2, 0.25) is 0 Å². The second kappa shape index (κ2) is 5.83. The van der Waals surface area contributed by atoms with Crippen molar-refractivity contribution in [3.63, 3.8) is 0 Å². The number of nitrogens with zero attached hydrogens (tertiary/aromatic N) is 4. The van der Waals surface area contributed by atoms with Gasteiger partial charge in [-0.25, -0.2) is 0 Å². The zero-order chi connectivity index (χ0) is 15.8. The lowest BCUT2D eigenvalue weighted by molar-refractivity contribution is 0.0931. The highest BCUT2D eigenvalue weighted by Gasteiger charge is 2.26. The SMILES string of the molecule is Cn1ncc(C2CCC2)c1CNC(=O)c1ccnn1C1CCC1. The molecular weight excluding hydrogens is 290 g/mol. The Morgan fingerprint density at radius 2 is 2.04 bits per heavy atom. The van der Waals surface area contributed by atoms with Crippen LogP contribution in [0, 0.1) is 0 Å². The summed E-state index contributed by atoms with van der Waals surface area (Å²) in [7, 11) is 1.95. The quantitative estimate of drug-likeness (QED) is 0.922. The van der Waals surface area contributed by atoms with Crippen molar-refractivity contribution in [1.29, 1.82) is 0 Å². The van der Waals surface area contributed by atoms with Gasteiger partial charge in [-0.05, 0) is 49.7 Å². The summed E-state index contributed by atoms with van der Waals surface area (Å²) >= 11 is 0. The number of aryl methyl sites for hydroxylation is 1. The highest BCUT2D eigenvalue weighted by molar-refractivity contribution is 5.92. The summed E-state index contributed by atoms with van der Waals surface area (Å²) in [6.07, 6.45) is 10.9. The third-order valence-electron chi connectivity index (χ3n) is 5.38. The fourth-order valence-electron chi connectivity index (χ4n) is 3.43. The van der Waals surface area contributed by atoms with Crippen LogP contribution in [0.15, 0.2) is 18.5 Å². The Hall–Kier alpha value is -2.11. The van der Waals surface area contributed by atoms with Gasteiger partial charge in [0, 0.05) is 13.2 Å². The summed E-state index contributed by atoms with van der Waals surface area (Å²) in [5.41, 5.74) is 3.09. The first-order valence-electron chi connectivity index (χ1n) is 8.56. The molecule has 23 heavy (non-hydrogen) atoms. The number of aromatic nitrogens is 4. The van der Waals surface area contributed by atoms with Crippen molar-refractivity contribution in [2.45, 2.75) is 57.0 Å². The normalized spacial score (nSPS) is 18.5. The van der Waals surface area contributed by atoms with Crippen LogP contribution in [0.25, 0.3) is 0 Å². The summed E-state index contributed by atoms with van der Waals surface area (Å²) in [4.78, 5) is 12.5. The second-order valence-electron chi connectivity index (χ2n) is 6.73. The van der Waals surface area contributed by atoms with E-state index in [0.717, 1.165) is 18.5 Å². The van der Waals surface area contributed by atoms with Crippen LogP contribution in [0.5, 0.6) is 0 Å². The predicted molar refractivity (Wildman–Crippen MR) is 86.1 cm³/mol. The number of hydrogen-bond acceptors (Lipinski definition) is 3. The van der Waals surface area contributed by atoms with E-state index in [9.17, 15) is 4.79 Å². The molecule has 2 aromatic heterocycles. The maximum Gasteiger partial charge on any atom is 0.269 e. The first-order chi connectivity index (χ1) is 11.2. The number of nitrogens with one attached hydrogen (secondary N) is 1. The van der Waals surface area contributed by atoms with Crippen LogP contribution in [0.3, 0.4) is 0 Å². The van der Waals surface area contributed by atoms with E-state index in [4.69, 9.17) is 0 Å². The molecule has 0 aromatic carbocycles. The van der Waals surface area contributed by atoms with Crippen LogP contribution < -0.4 is 5.32 Å². The Morgan fingerprint density at radius 1 is 1.26 bits per heavy atom. The van der Waals surface area contributed by atoms with Crippen molar-refractivity contribution in [1.82, 2.24) is 24.9 Å². The molecular formula is C17H23N5O. The molecule has 0 aliphatic heterocycles. The van der Waals surface area contributed by atoms with Crippen molar-refractivity contribution in [2.24, 2.45) is 7.05 Å². The molecule has 0 unspecified atom stereocenters. The fraction of sp³-hybridized carbons (Fsp3) is 0.588. The van der Waals surface area contributed by atoms with E-state index >= 15 is 0 Å². The molecule has 0 radical (unpaired) electrons. The average molecular weight is 313 g/mol. The minimum absolute atomic E-state index is 0.0461. The smallest absolute Gasteiger partial charge is 0.269 e. The summed E-state index contributed by atoms with van der Waals surface area (Å²) in [6.45, 7) is 0.525. The highest BCUT2D eigenvalue weighted by atomic mass is 16.2. The Bertz CT molecular complexity index is 708. The zero-order valence-electron chi connectivity index (χ0n) is 13.5. The standard InChI is InChI=1S/C17H23N5O/c1-21-16(14(10-20-21)12-4-2-5-12)11-18-17(23)15-8-9-19-22(15)13-6-3-7-13/h8-10,12-13H,2-7,11H2,1H3,(H,18,23). The van der Waals surface area contributed by atoms with Crippen molar-refractivity contribution in [3.8, 4) is 0 Å². The fourth-order valence-corrected chi connectivity index (χ4v) is 3.43. The van der Waals surface area contributed by atoms with Gasteiger partial charge in [-0.15, -0.1) is 0 Å². The van der Waals surface area contributed by atoms with Gasteiger partial charge < -0.3 is 5.32 Å². The van der Waals surface area contributed by atoms with E-state index in [-0.39, 0.29) is 5.91 Å². The molecule has 2 heterocycles. The summed E-state index contributed by atoms with van der Waals surface area (Å²) < 4.78 is 3.77. The van der Waals surface area contributed by atoms with Gasteiger partial charge in [0.15, 0.2) is 0 Å². The van der Waals surface area contributed by atoms with Crippen LogP contribution in [0.1, 0.15) is 72.2 Å². The lowest BCUT2D eigenvalue weighted by Crippen LogP contribution is -2.30. The summed E-state index contributed by atoms with van der Waals surface area (Å²) in [5.74, 6) is 0.575. The number of carbonyl (C=O) groups is 1. The number of amides is 1. The molecule has 122 valence electrons. The molecule has 0 atom stereocenters. The third-order valence-corrected chi connectivity index (χ3v) is 5.38. The van der Waals surface area contributed by atoms with Gasteiger partial charge in [0.05, 0.1) is 24.5 Å². The molecule has 2 saturated carbocycles. The third kappa shape index (κ3) is 2.56. The molecule has 2 fully saturated rings. The lowest BCUT2D eigenvalue weighted by Gasteiger charge is -2.27. The highest BCUT2D eigenvalue weighted by Crippen LogP contribution is 2.37. The van der Waals surface area contributed by atoms with Crippen molar-refractivity contribution < 1.29 is 4.79 Å². The molecule has 1 amide bonds. The minimum Gasteiger partial charge on any atom is -0.345 e. The van der Waals surface area contributed by atoms with Crippen LogP contribution in [-0.4, -0.2) is 25.5 Å². The van der Waals surface area contributed by atoms with E-state index in [1.807, 2.05) is 28.7 Å². The summed E-state index contributed by atoms with van der Waals surface area (Å²) in [6, 6.07) is 2.21. The second-order valence-corrected chi connectivity index (χ2v) is 6.73. The number of carbonyl (C=O) groups excluding carboxylic acids is 1. The van der Waals surface area contributed by atoms with Gasteiger partial charge in [0.1, 0.15) is 5.69 Å². The van der Waals surface area contributed by atoms with E-state index < -0.39 is 0 Å². The average Bonchev–Trinajstić information content (AvgIpc) is 3.01. The van der Waals surface area contributed by atoms with Gasteiger partial charge in [-0.2, -0.15) is 10.2 Å². The van der Waals surface area contributed by atoms with Gasteiger partial charge in [0.25, 0.3) is 5.91 Å². The van der Waals surface area contributed by atoms with E-state index in [2.05, 4.69) is 15.5 Å². The monoisotopic (exact) mass is 313 g/mol. The van der Waals surface area contributed by atoms with Crippen LogP contribution in [0.4, 0.5) is 0 Å². The maximum atomic E-state index is 12.5. The number of hydrogen-bond donors (Lipinski definition) is 1. The zero-order valence-corrected chi connectivity index (χ0v) is 13.5. The number of rotatable bonds is 5. The predicted octanol–water partition coefficient (Wildman–Crippen LogP) is 2.54. The van der Waals surface area contributed by atoms with Gasteiger partial charge in [-0.3, -0.25) is 14.2 Å². The maximum absolute atomic E-state index is 12.5. The Labute approximate surface area is 135 Å². The molecule has 0 saturated heterocycles. The first kappa shape index (κ1) is 14.5. The van der Waals surface area contributed by atoms with Gasteiger partial charge >= 0.3 is 0 Å². The molecule has 1 N–H and O–H groups in total. The Morgan fingerprint density at radius 3 is 2.70 bits per heavy atom. The van der Waals surface area contributed by atoms with E-state index in [1.54, 1.807) is 6.20 Å². The molecule has 0 bridgehead atoms. The largest absolute Gasteiger partial charge is 0.345 e. The van der Waals surface area contributed by atoms with E-state index in [0.29, 0.717) is 24.2 Å². The molecule has 6 nitrogen and oxygen atoms in total. The minimum atomic E-state index is -0.0461. The first-order valence-corrected chi connectivity index (χ1v) is 8.56. The molecule has 2 aliphatic carbocycles. The molecule has 4 rings (SSSR count). The molecule has 2 aromatic rings. The molecule has 0 spiro atoms. The van der Waals surface area contributed by atoms with Gasteiger partial charge in [0.2, 0.25) is 0 Å². The Kier molecular flexibility index (Phi) is 3.67. The Balaban J connectivity index is 1.46. The van der Waals surface area contributed by atoms with Crippen LogP contribution in [-0.2, 0) is 13.6 Å².